The molecule has 0 saturated heterocycles. The van der Waals surface area contributed by atoms with Crippen molar-refractivity contribution in [3.8, 4) is 0 Å². The molecule has 1 rings (SSSR count). The van der Waals surface area contributed by atoms with Crippen LogP contribution in [0.5, 0.6) is 0 Å². The van der Waals surface area contributed by atoms with Crippen molar-refractivity contribution in [1.29, 1.82) is 0 Å². The van der Waals surface area contributed by atoms with Gasteiger partial charge in [0.15, 0.2) is 0 Å². The molecule has 1 aromatic rings. The van der Waals surface area contributed by atoms with E-state index < -0.39 is 0 Å². The smallest absolute Gasteiger partial charge is 0.0491 e. The van der Waals surface area contributed by atoms with Crippen LogP contribution >= 0.6 is 15.8 Å². The van der Waals surface area contributed by atoms with Crippen LogP contribution in [0.3, 0.4) is 0 Å². The third-order valence-electron chi connectivity index (χ3n) is 3.99. The normalized spacial score (nSPS) is 12.6. The minimum atomic E-state index is -0.335. The Balaban J connectivity index is 3.52. The zero-order chi connectivity index (χ0) is 17.2. The zero-order valence-corrected chi connectivity index (χ0v) is 17.3. The average Bonchev–Trinajstić information content (AvgIpc) is 2.35. The van der Waals surface area contributed by atoms with Crippen LogP contribution < -0.4 is 22.1 Å². The third-order valence-corrected chi connectivity index (χ3v) is 10.4. The van der Waals surface area contributed by atoms with Crippen LogP contribution in [-0.4, -0.2) is 22.6 Å². The summed E-state index contributed by atoms with van der Waals surface area (Å²) < 4.78 is 0. The summed E-state index contributed by atoms with van der Waals surface area (Å²) in [4.78, 5) is 0. The maximum atomic E-state index is 6.69. The molecule has 0 aliphatic heterocycles. The van der Waals surface area contributed by atoms with Gasteiger partial charge in [-0.15, -0.1) is 0 Å². The van der Waals surface area contributed by atoms with Gasteiger partial charge in [-0.2, -0.15) is 0 Å². The topological polar surface area (TPSA) is 52.0 Å². The first-order valence-electron chi connectivity index (χ1n) is 8.34. The minimum Gasteiger partial charge on any atom is -0.398 e. The van der Waals surface area contributed by atoms with Crippen molar-refractivity contribution >= 4 is 37.8 Å². The first kappa shape index (κ1) is 19.7. The second-order valence-corrected chi connectivity index (χ2v) is 13.8. The Kier molecular flexibility index (Phi) is 7.16. The van der Waals surface area contributed by atoms with Gasteiger partial charge in [-0.05, 0) is 28.7 Å². The number of rotatable bonds is 6. The van der Waals surface area contributed by atoms with Gasteiger partial charge in [0.25, 0.3) is 0 Å². The highest BCUT2D eigenvalue weighted by Crippen LogP contribution is 2.51. The van der Waals surface area contributed by atoms with Gasteiger partial charge in [-0.3, -0.25) is 0 Å². The maximum Gasteiger partial charge on any atom is 0.0491 e. The summed E-state index contributed by atoms with van der Waals surface area (Å²) in [6, 6.07) is 4.29. The molecule has 0 heterocycles. The molecule has 0 bridgehead atoms. The molecule has 0 aliphatic carbocycles. The Hall–Kier alpha value is -0.320. The van der Waals surface area contributed by atoms with E-state index in [4.69, 9.17) is 11.5 Å². The first-order chi connectivity index (χ1) is 10.1. The van der Waals surface area contributed by atoms with Gasteiger partial charge >= 0.3 is 0 Å². The highest BCUT2D eigenvalue weighted by atomic mass is 31.1. The van der Waals surface area contributed by atoms with Crippen molar-refractivity contribution in [1.82, 2.24) is 0 Å². The van der Waals surface area contributed by atoms with E-state index in [2.05, 4.69) is 67.5 Å². The van der Waals surface area contributed by atoms with E-state index in [-0.39, 0.29) is 15.8 Å². The zero-order valence-electron chi connectivity index (χ0n) is 15.5. The molecule has 4 heteroatoms. The summed E-state index contributed by atoms with van der Waals surface area (Å²) in [5.74, 6) is 0. The van der Waals surface area contributed by atoms with E-state index in [1.54, 1.807) is 0 Å². The van der Waals surface area contributed by atoms with Gasteiger partial charge in [0, 0.05) is 22.0 Å². The van der Waals surface area contributed by atoms with Crippen molar-refractivity contribution in [3.05, 3.63) is 12.1 Å². The van der Waals surface area contributed by atoms with Gasteiger partial charge < -0.3 is 11.5 Å². The predicted octanol–water partition coefficient (Wildman–Crippen LogP) is 4.70. The van der Waals surface area contributed by atoms with E-state index in [1.165, 1.54) is 10.6 Å². The van der Waals surface area contributed by atoms with Gasteiger partial charge in [0.05, 0.1) is 0 Å². The molecular formula is C18H34N2P2. The van der Waals surface area contributed by atoms with Crippen molar-refractivity contribution in [3.63, 3.8) is 0 Å². The summed E-state index contributed by atoms with van der Waals surface area (Å²) in [5, 5.41) is 2.62. The van der Waals surface area contributed by atoms with E-state index in [0.717, 1.165) is 11.4 Å². The molecule has 0 amide bonds. The van der Waals surface area contributed by atoms with E-state index in [1.807, 2.05) is 0 Å². The molecule has 22 heavy (non-hydrogen) atoms. The number of hydrogen-bond donors (Lipinski definition) is 2. The van der Waals surface area contributed by atoms with Crippen LogP contribution in [0, 0.1) is 0 Å². The second kappa shape index (κ2) is 7.98. The maximum absolute atomic E-state index is 6.69. The van der Waals surface area contributed by atoms with Crippen LogP contribution in [-0.2, 0) is 0 Å². The van der Waals surface area contributed by atoms with E-state index in [0.29, 0.717) is 22.6 Å². The Labute approximate surface area is 139 Å². The summed E-state index contributed by atoms with van der Waals surface area (Å²) in [6.07, 6.45) is 0. The summed E-state index contributed by atoms with van der Waals surface area (Å²) in [7, 11) is -0.591. The summed E-state index contributed by atoms with van der Waals surface area (Å²) in [5.41, 5.74) is 17.4. The molecule has 0 radical (unpaired) electrons. The first-order valence-corrected chi connectivity index (χ1v) is 11.3. The fourth-order valence-electron chi connectivity index (χ4n) is 3.39. The van der Waals surface area contributed by atoms with Crippen molar-refractivity contribution < 1.29 is 0 Å². The molecule has 0 aliphatic rings. The minimum absolute atomic E-state index is 0.257. The van der Waals surface area contributed by atoms with Crippen molar-refractivity contribution in [2.45, 2.75) is 78.0 Å². The lowest BCUT2D eigenvalue weighted by atomic mass is 10.3. The highest BCUT2D eigenvalue weighted by molar-refractivity contribution is 7.69. The molecular weight excluding hydrogens is 306 g/mol. The van der Waals surface area contributed by atoms with E-state index >= 15 is 0 Å². The van der Waals surface area contributed by atoms with Gasteiger partial charge in [-0.25, -0.2) is 0 Å². The molecule has 0 spiro atoms. The fourth-order valence-corrected chi connectivity index (χ4v) is 9.42. The Morgan fingerprint density at radius 3 is 1.45 bits per heavy atom. The lowest BCUT2D eigenvalue weighted by Crippen LogP contribution is -2.28. The fraction of sp³-hybridized carbons (Fsp3) is 0.667. The van der Waals surface area contributed by atoms with E-state index in [9.17, 15) is 0 Å². The number of nitrogen functional groups attached to an aromatic ring is 2. The standard InChI is InChI=1S/C18H34N2P2/c1-11(2)21(12(3)4)16-10-9-15(19)18(17(16)20)22(13(5)6)14(7)8/h9-14H,19-20H2,1-8H3. The lowest BCUT2D eigenvalue weighted by molar-refractivity contribution is 1.02. The molecule has 0 saturated carbocycles. The molecule has 2 nitrogen and oxygen atoms in total. The largest absolute Gasteiger partial charge is 0.398 e. The van der Waals surface area contributed by atoms with Gasteiger partial charge in [0.2, 0.25) is 0 Å². The van der Waals surface area contributed by atoms with Crippen molar-refractivity contribution in [2.75, 3.05) is 11.5 Å². The number of anilines is 2. The second-order valence-electron chi connectivity index (χ2n) is 7.13. The molecule has 0 fully saturated rings. The van der Waals surface area contributed by atoms with Crippen LogP contribution in [0.15, 0.2) is 12.1 Å². The molecule has 0 aromatic heterocycles. The summed E-state index contributed by atoms with van der Waals surface area (Å²) in [6.45, 7) is 18.4. The predicted molar refractivity (Wildman–Crippen MR) is 109 cm³/mol. The quantitative estimate of drug-likeness (QED) is 0.582. The SMILES string of the molecule is CC(C)P(c1ccc(N)c(P(C(C)C)C(C)C)c1N)C(C)C. The highest BCUT2D eigenvalue weighted by Gasteiger charge is 2.28. The Morgan fingerprint density at radius 2 is 1.09 bits per heavy atom. The summed E-state index contributed by atoms with van der Waals surface area (Å²) >= 11 is 0. The van der Waals surface area contributed by atoms with Crippen LogP contribution in [0.4, 0.5) is 11.4 Å². The number of nitrogens with two attached hydrogens (primary N) is 2. The number of benzene rings is 1. The van der Waals surface area contributed by atoms with Crippen LogP contribution in [0.2, 0.25) is 0 Å². The molecule has 4 N–H and O–H groups in total. The third kappa shape index (κ3) is 4.15. The average molecular weight is 340 g/mol. The van der Waals surface area contributed by atoms with Gasteiger partial charge in [0.1, 0.15) is 0 Å². The molecule has 0 unspecified atom stereocenters. The van der Waals surface area contributed by atoms with Crippen molar-refractivity contribution in [2.24, 2.45) is 0 Å². The lowest BCUT2D eigenvalue weighted by Gasteiger charge is -2.33. The molecule has 1 aromatic carbocycles. The van der Waals surface area contributed by atoms with Gasteiger partial charge in [-0.1, -0.05) is 77.3 Å². The Morgan fingerprint density at radius 1 is 0.682 bits per heavy atom. The Bertz CT molecular complexity index is 480. The van der Waals surface area contributed by atoms with Crippen LogP contribution in [0.25, 0.3) is 0 Å². The molecule has 126 valence electrons. The number of hydrogen-bond acceptors (Lipinski definition) is 2. The van der Waals surface area contributed by atoms with Crippen LogP contribution in [0.1, 0.15) is 55.4 Å². The monoisotopic (exact) mass is 340 g/mol. The molecule has 0 atom stereocenters.